The molecule has 1 fully saturated rings. The Morgan fingerprint density at radius 1 is 1.05 bits per heavy atom. The summed E-state index contributed by atoms with van der Waals surface area (Å²) in [6.07, 6.45) is 1.10. The van der Waals surface area contributed by atoms with E-state index in [1.54, 1.807) is 11.8 Å². The molecular formula is C18H17NOS. The fourth-order valence-electron chi connectivity index (χ4n) is 2.16. The lowest BCUT2D eigenvalue weighted by Gasteiger charge is -2.02. The van der Waals surface area contributed by atoms with Gasteiger partial charge in [0, 0.05) is 16.9 Å². The summed E-state index contributed by atoms with van der Waals surface area (Å²) < 4.78 is 5.83. The number of hydrogen-bond acceptors (Lipinski definition) is 3. The Bertz CT molecular complexity index is 649. The highest BCUT2D eigenvalue weighted by Gasteiger charge is 2.23. The summed E-state index contributed by atoms with van der Waals surface area (Å²) in [6, 6.07) is 20.3. The Morgan fingerprint density at radius 2 is 1.71 bits per heavy atom. The minimum absolute atomic E-state index is 0.190. The van der Waals surface area contributed by atoms with Crippen molar-refractivity contribution in [2.75, 3.05) is 0 Å². The van der Waals surface area contributed by atoms with E-state index in [1.165, 1.54) is 10.5 Å². The number of para-hydroxylation sites is 1. The van der Waals surface area contributed by atoms with Gasteiger partial charge in [-0.3, -0.25) is 0 Å². The van der Waals surface area contributed by atoms with Crippen LogP contribution in [0.1, 0.15) is 13.3 Å². The van der Waals surface area contributed by atoms with Crippen LogP contribution in [0.3, 0.4) is 0 Å². The molecule has 21 heavy (non-hydrogen) atoms. The first-order valence-corrected chi connectivity index (χ1v) is 7.91. The zero-order chi connectivity index (χ0) is 14.5. The Hall–Kier alpha value is -2.00. The summed E-state index contributed by atoms with van der Waals surface area (Å²) in [7, 11) is 0. The van der Waals surface area contributed by atoms with Crippen LogP contribution in [0, 0.1) is 0 Å². The van der Waals surface area contributed by atoms with Gasteiger partial charge in [0.25, 0.3) is 0 Å². The summed E-state index contributed by atoms with van der Waals surface area (Å²) in [5.41, 5.74) is 2.09. The highest BCUT2D eigenvalue weighted by atomic mass is 32.2. The van der Waals surface area contributed by atoms with Crippen molar-refractivity contribution in [2.45, 2.75) is 24.3 Å². The molecule has 0 saturated carbocycles. The van der Waals surface area contributed by atoms with Gasteiger partial charge in [-0.15, -0.1) is 0 Å². The monoisotopic (exact) mass is 295 g/mol. The van der Waals surface area contributed by atoms with Crippen LogP contribution in [-0.2, 0) is 4.74 Å². The van der Waals surface area contributed by atoms with Crippen molar-refractivity contribution in [1.29, 1.82) is 0 Å². The average molecular weight is 295 g/mol. The van der Waals surface area contributed by atoms with Crippen LogP contribution in [-0.4, -0.2) is 12.0 Å². The topological polar surface area (TPSA) is 21.6 Å². The van der Waals surface area contributed by atoms with Crippen LogP contribution in [0.5, 0.6) is 0 Å². The van der Waals surface area contributed by atoms with Gasteiger partial charge in [-0.1, -0.05) is 48.2 Å². The Morgan fingerprint density at radius 3 is 2.43 bits per heavy atom. The fourth-order valence-corrected chi connectivity index (χ4v) is 2.95. The minimum Gasteiger partial charge on any atom is -0.474 e. The standard InChI is InChI=1S/C18H17NOS/c1-14-12-15(13-21-17-10-6-3-7-11-17)18(20-14)19-16-8-4-2-5-9-16/h2-11,13-14H,12H2,1H3/b15-13-,19-18?. The van der Waals surface area contributed by atoms with E-state index >= 15 is 0 Å². The van der Waals surface area contributed by atoms with Crippen LogP contribution in [0.15, 0.2) is 81.5 Å². The molecule has 2 aromatic carbocycles. The highest BCUT2D eigenvalue weighted by Crippen LogP contribution is 2.29. The molecule has 2 aromatic rings. The zero-order valence-corrected chi connectivity index (χ0v) is 12.7. The summed E-state index contributed by atoms with van der Waals surface area (Å²) >= 11 is 1.71. The fraction of sp³-hybridized carbons (Fsp3) is 0.167. The molecule has 1 heterocycles. The predicted molar refractivity (Wildman–Crippen MR) is 89.1 cm³/mol. The van der Waals surface area contributed by atoms with E-state index in [1.807, 2.05) is 48.5 Å². The third kappa shape index (κ3) is 3.76. The van der Waals surface area contributed by atoms with Crippen molar-refractivity contribution in [1.82, 2.24) is 0 Å². The van der Waals surface area contributed by atoms with Crippen molar-refractivity contribution in [3.05, 3.63) is 71.6 Å². The number of rotatable bonds is 3. The largest absolute Gasteiger partial charge is 0.474 e. The maximum Gasteiger partial charge on any atom is 0.218 e. The summed E-state index contributed by atoms with van der Waals surface area (Å²) in [5.74, 6) is 0.747. The number of aliphatic imine (C=N–C) groups is 1. The van der Waals surface area contributed by atoms with Crippen LogP contribution in [0.4, 0.5) is 5.69 Å². The zero-order valence-electron chi connectivity index (χ0n) is 11.9. The van der Waals surface area contributed by atoms with Gasteiger partial charge in [0.2, 0.25) is 5.90 Å². The van der Waals surface area contributed by atoms with Gasteiger partial charge in [0.1, 0.15) is 6.10 Å². The SMILES string of the molecule is CC1C/C(=C/Sc2ccccc2)C(=Nc2ccccc2)O1. The summed E-state index contributed by atoms with van der Waals surface area (Å²) in [4.78, 5) is 5.84. The van der Waals surface area contributed by atoms with Gasteiger partial charge in [-0.05, 0) is 36.6 Å². The normalized spacial score (nSPS) is 21.7. The Kier molecular flexibility index (Phi) is 4.41. The molecule has 0 bridgehead atoms. The van der Waals surface area contributed by atoms with E-state index in [9.17, 15) is 0 Å². The third-order valence-corrected chi connectivity index (χ3v) is 4.11. The quantitative estimate of drug-likeness (QED) is 0.726. The number of ether oxygens (including phenoxy) is 1. The minimum atomic E-state index is 0.190. The molecule has 1 aliphatic rings. The summed E-state index contributed by atoms with van der Waals surface area (Å²) in [5, 5.41) is 2.15. The highest BCUT2D eigenvalue weighted by molar-refractivity contribution is 8.02. The van der Waals surface area contributed by atoms with Crippen molar-refractivity contribution >= 4 is 23.3 Å². The van der Waals surface area contributed by atoms with Gasteiger partial charge < -0.3 is 4.74 Å². The van der Waals surface area contributed by atoms with Crippen LogP contribution in [0.25, 0.3) is 0 Å². The van der Waals surface area contributed by atoms with E-state index in [4.69, 9.17) is 4.74 Å². The Balaban J connectivity index is 1.81. The molecule has 0 N–H and O–H groups in total. The van der Waals surface area contributed by atoms with E-state index in [0.717, 1.165) is 18.0 Å². The molecule has 0 amide bonds. The molecule has 0 radical (unpaired) electrons. The Labute approximate surface area is 129 Å². The molecule has 2 nitrogen and oxygen atoms in total. The second-order valence-electron chi connectivity index (χ2n) is 4.96. The molecule has 0 spiro atoms. The second kappa shape index (κ2) is 6.64. The molecule has 3 rings (SSSR count). The van der Waals surface area contributed by atoms with Crippen LogP contribution >= 0.6 is 11.8 Å². The summed E-state index contributed by atoms with van der Waals surface area (Å²) in [6.45, 7) is 2.08. The van der Waals surface area contributed by atoms with Crippen molar-refractivity contribution in [3.63, 3.8) is 0 Å². The van der Waals surface area contributed by atoms with Gasteiger partial charge in [-0.25, -0.2) is 4.99 Å². The lowest BCUT2D eigenvalue weighted by molar-refractivity contribution is 0.241. The third-order valence-electron chi connectivity index (χ3n) is 3.16. The predicted octanol–water partition coefficient (Wildman–Crippen LogP) is 5.20. The van der Waals surface area contributed by atoms with Gasteiger partial charge in [0.15, 0.2) is 0 Å². The second-order valence-corrected chi connectivity index (χ2v) is 5.90. The first kappa shape index (κ1) is 14.0. The smallest absolute Gasteiger partial charge is 0.218 e. The molecule has 1 aliphatic heterocycles. The van der Waals surface area contributed by atoms with E-state index in [-0.39, 0.29) is 6.10 Å². The van der Waals surface area contributed by atoms with Gasteiger partial charge >= 0.3 is 0 Å². The molecule has 1 saturated heterocycles. The number of hydrogen-bond donors (Lipinski definition) is 0. The van der Waals surface area contributed by atoms with E-state index in [0.29, 0.717) is 0 Å². The molecule has 1 atom stereocenters. The molecule has 3 heteroatoms. The first-order chi connectivity index (χ1) is 10.3. The van der Waals surface area contributed by atoms with E-state index in [2.05, 4.69) is 29.5 Å². The molecule has 0 aromatic heterocycles. The number of thioether (sulfide) groups is 1. The number of benzene rings is 2. The average Bonchev–Trinajstić information content (AvgIpc) is 2.87. The molecule has 0 aliphatic carbocycles. The molecule has 1 unspecified atom stereocenters. The van der Waals surface area contributed by atoms with Crippen LogP contribution < -0.4 is 0 Å². The first-order valence-electron chi connectivity index (χ1n) is 7.03. The maximum absolute atomic E-state index is 5.83. The van der Waals surface area contributed by atoms with Gasteiger partial charge in [0.05, 0.1) is 5.69 Å². The maximum atomic E-state index is 5.83. The van der Waals surface area contributed by atoms with Crippen molar-refractivity contribution < 1.29 is 4.74 Å². The lowest BCUT2D eigenvalue weighted by atomic mass is 10.2. The number of nitrogens with zero attached hydrogens (tertiary/aromatic N) is 1. The van der Waals surface area contributed by atoms with Gasteiger partial charge in [-0.2, -0.15) is 0 Å². The lowest BCUT2D eigenvalue weighted by Crippen LogP contribution is -2.00. The molecule has 106 valence electrons. The van der Waals surface area contributed by atoms with Crippen molar-refractivity contribution in [2.24, 2.45) is 4.99 Å². The molecular weight excluding hydrogens is 278 g/mol. The van der Waals surface area contributed by atoms with Crippen LogP contribution in [0.2, 0.25) is 0 Å². The van der Waals surface area contributed by atoms with E-state index < -0.39 is 0 Å². The van der Waals surface area contributed by atoms with Crippen molar-refractivity contribution in [3.8, 4) is 0 Å².